The highest BCUT2D eigenvalue weighted by Crippen LogP contribution is 2.32. The fourth-order valence-corrected chi connectivity index (χ4v) is 1.40. The second kappa shape index (κ2) is 5.64. The molecule has 102 valence electrons. The molecule has 1 rings (SSSR count). The van der Waals surface area contributed by atoms with E-state index in [0.717, 1.165) is 25.3 Å². The Morgan fingerprint density at radius 1 is 1.16 bits per heavy atom. The van der Waals surface area contributed by atoms with Crippen molar-refractivity contribution < 1.29 is 32.3 Å². The first-order valence-electron chi connectivity index (χ1n) is 5.08. The summed E-state index contributed by atoms with van der Waals surface area (Å²) in [5.74, 6) is -3.54. The zero-order valence-electron chi connectivity index (χ0n) is 9.78. The van der Waals surface area contributed by atoms with E-state index in [0.29, 0.717) is 0 Å². The number of halogens is 3. The first kappa shape index (κ1) is 14.9. The van der Waals surface area contributed by atoms with Crippen molar-refractivity contribution in [1.29, 1.82) is 0 Å². The molecule has 0 spiro atoms. The van der Waals surface area contributed by atoms with E-state index in [9.17, 15) is 27.6 Å². The van der Waals surface area contributed by atoms with E-state index >= 15 is 0 Å². The molecule has 0 aliphatic heterocycles. The van der Waals surface area contributed by atoms with Crippen LogP contribution in [0.25, 0.3) is 0 Å². The molecule has 0 unspecified atom stereocenters. The van der Waals surface area contributed by atoms with Crippen molar-refractivity contribution >= 4 is 17.5 Å². The smallest absolute Gasteiger partial charge is 0.417 e. The molecular formula is C12H9F3O4. The number of carbonyl (C=O) groups excluding carboxylic acids is 3. The molecule has 0 saturated carbocycles. The molecule has 0 N–H and O–H groups in total. The zero-order valence-corrected chi connectivity index (χ0v) is 9.78. The fourth-order valence-electron chi connectivity index (χ4n) is 1.40. The van der Waals surface area contributed by atoms with Gasteiger partial charge in [0, 0.05) is 5.56 Å². The quantitative estimate of drug-likeness (QED) is 0.365. The lowest BCUT2D eigenvalue weighted by atomic mass is 10.00. The van der Waals surface area contributed by atoms with E-state index < -0.39 is 41.3 Å². The molecule has 19 heavy (non-hydrogen) atoms. The van der Waals surface area contributed by atoms with Gasteiger partial charge in [-0.1, -0.05) is 18.2 Å². The van der Waals surface area contributed by atoms with Crippen molar-refractivity contribution in [3.8, 4) is 0 Å². The van der Waals surface area contributed by atoms with Crippen LogP contribution in [0.1, 0.15) is 22.3 Å². The van der Waals surface area contributed by atoms with Crippen LogP contribution < -0.4 is 0 Å². The van der Waals surface area contributed by atoms with Crippen molar-refractivity contribution in [1.82, 2.24) is 0 Å². The Labute approximate surface area is 106 Å². The minimum absolute atomic E-state index is 0.646. The predicted octanol–water partition coefficient (Wildman–Crippen LogP) is 2.02. The van der Waals surface area contributed by atoms with Gasteiger partial charge < -0.3 is 4.74 Å². The summed E-state index contributed by atoms with van der Waals surface area (Å²) in [6, 6.07) is 4.05. The largest absolute Gasteiger partial charge is 0.463 e. The molecule has 0 aromatic heterocycles. The highest BCUT2D eigenvalue weighted by molar-refractivity contribution is 6.38. The van der Waals surface area contributed by atoms with Gasteiger partial charge in [0.05, 0.1) is 19.1 Å². The van der Waals surface area contributed by atoms with Crippen LogP contribution in [0.2, 0.25) is 0 Å². The fraction of sp³-hybridized carbons (Fsp3) is 0.250. The first-order chi connectivity index (χ1) is 8.77. The molecule has 0 fully saturated rings. The van der Waals surface area contributed by atoms with Crippen molar-refractivity contribution in [2.45, 2.75) is 12.6 Å². The van der Waals surface area contributed by atoms with E-state index in [2.05, 4.69) is 4.74 Å². The monoisotopic (exact) mass is 274 g/mol. The maximum absolute atomic E-state index is 12.6. The first-order valence-corrected chi connectivity index (χ1v) is 5.08. The molecule has 1 aromatic carbocycles. The molecule has 0 bridgehead atoms. The highest BCUT2D eigenvalue weighted by atomic mass is 19.4. The second-order valence-corrected chi connectivity index (χ2v) is 3.56. The predicted molar refractivity (Wildman–Crippen MR) is 57.4 cm³/mol. The number of rotatable bonds is 4. The number of alkyl halides is 3. The van der Waals surface area contributed by atoms with Gasteiger partial charge in [0.2, 0.25) is 5.78 Å². The molecule has 0 atom stereocenters. The van der Waals surface area contributed by atoms with Gasteiger partial charge in [0.25, 0.3) is 0 Å². The number of hydrogen-bond donors (Lipinski definition) is 0. The highest BCUT2D eigenvalue weighted by Gasteiger charge is 2.35. The maximum Gasteiger partial charge on any atom is 0.417 e. The van der Waals surface area contributed by atoms with E-state index in [1.165, 1.54) is 6.07 Å². The lowest BCUT2D eigenvalue weighted by Crippen LogP contribution is -2.21. The number of esters is 1. The molecular weight excluding hydrogens is 265 g/mol. The van der Waals surface area contributed by atoms with Gasteiger partial charge in [-0.25, -0.2) is 4.79 Å². The summed E-state index contributed by atoms with van der Waals surface area (Å²) in [5, 5.41) is 0. The number of benzene rings is 1. The van der Waals surface area contributed by atoms with Crippen LogP contribution >= 0.6 is 0 Å². The third-order valence-electron chi connectivity index (χ3n) is 2.27. The van der Waals surface area contributed by atoms with Crippen molar-refractivity contribution in [3.63, 3.8) is 0 Å². The molecule has 0 heterocycles. The minimum Gasteiger partial charge on any atom is -0.463 e. The summed E-state index contributed by atoms with van der Waals surface area (Å²) in [5.41, 5.74) is -1.79. The van der Waals surface area contributed by atoms with Gasteiger partial charge in [-0.15, -0.1) is 0 Å². The number of carbonyl (C=O) groups is 3. The van der Waals surface area contributed by atoms with Crippen LogP contribution in [0, 0.1) is 0 Å². The van der Waals surface area contributed by atoms with Crippen LogP contribution in [-0.4, -0.2) is 24.6 Å². The van der Waals surface area contributed by atoms with Crippen LogP contribution in [0.15, 0.2) is 24.3 Å². The standard InChI is InChI=1S/C12H9F3O4/c1-19-11(18)10(17)6-9(16)7-4-2-3-5-8(7)12(13,14)15/h2-5H,6H2,1H3. The van der Waals surface area contributed by atoms with E-state index in [1.54, 1.807) is 0 Å². The Hall–Kier alpha value is -2.18. The molecule has 4 nitrogen and oxygen atoms in total. The van der Waals surface area contributed by atoms with E-state index in [4.69, 9.17) is 0 Å². The number of Topliss-reactive ketones (excluding diaryl/α,β-unsaturated/α-hetero) is 2. The number of ether oxygens (including phenoxy) is 1. The van der Waals surface area contributed by atoms with Crippen LogP contribution in [0.5, 0.6) is 0 Å². The van der Waals surface area contributed by atoms with Crippen LogP contribution in [0.3, 0.4) is 0 Å². The summed E-state index contributed by atoms with van der Waals surface area (Å²) in [4.78, 5) is 33.6. The molecule has 1 aromatic rings. The molecule has 0 aliphatic rings. The molecule has 0 radical (unpaired) electrons. The van der Waals surface area contributed by atoms with Gasteiger partial charge in [0.1, 0.15) is 0 Å². The van der Waals surface area contributed by atoms with Gasteiger partial charge in [-0.3, -0.25) is 9.59 Å². The van der Waals surface area contributed by atoms with Crippen molar-refractivity contribution in [2.24, 2.45) is 0 Å². The van der Waals surface area contributed by atoms with Crippen LogP contribution in [0.4, 0.5) is 13.2 Å². The Bertz CT molecular complexity index is 520. The normalized spacial score (nSPS) is 10.9. The summed E-state index contributed by atoms with van der Waals surface area (Å²) in [7, 11) is 0.939. The molecule has 0 amide bonds. The second-order valence-electron chi connectivity index (χ2n) is 3.56. The average molecular weight is 274 g/mol. The third kappa shape index (κ3) is 3.64. The summed E-state index contributed by atoms with van der Waals surface area (Å²) < 4.78 is 42.0. The SMILES string of the molecule is COC(=O)C(=O)CC(=O)c1ccccc1C(F)(F)F. The number of hydrogen-bond acceptors (Lipinski definition) is 4. The van der Waals surface area contributed by atoms with Gasteiger partial charge in [0.15, 0.2) is 5.78 Å². The Kier molecular flexibility index (Phi) is 4.42. The lowest BCUT2D eigenvalue weighted by molar-refractivity contribution is -0.151. The van der Waals surface area contributed by atoms with Crippen LogP contribution in [-0.2, 0) is 20.5 Å². The summed E-state index contributed by atoms with van der Waals surface area (Å²) >= 11 is 0. The topological polar surface area (TPSA) is 60.4 Å². The van der Waals surface area contributed by atoms with Crippen molar-refractivity contribution in [2.75, 3.05) is 7.11 Å². The van der Waals surface area contributed by atoms with E-state index in [1.807, 2.05) is 0 Å². The zero-order chi connectivity index (χ0) is 14.6. The minimum atomic E-state index is -4.71. The Morgan fingerprint density at radius 2 is 1.74 bits per heavy atom. The van der Waals surface area contributed by atoms with Gasteiger partial charge >= 0.3 is 12.1 Å². The molecule has 0 saturated heterocycles. The Morgan fingerprint density at radius 3 is 2.26 bits per heavy atom. The summed E-state index contributed by atoms with van der Waals surface area (Å²) in [6.07, 6.45) is -5.67. The molecule has 0 aliphatic carbocycles. The van der Waals surface area contributed by atoms with Crippen molar-refractivity contribution in [3.05, 3.63) is 35.4 Å². The lowest BCUT2D eigenvalue weighted by Gasteiger charge is -2.11. The molecule has 7 heteroatoms. The summed E-state index contributed by atoms with van der Waals surface area (Å²) in [6.45, 7) is 0. The number of methoxy groups -OCH3 is 1. The maximum atomic E-state index is 12.6. The third-order valence-corrected chi connectivity index (χ3v) is 2.27. The Balaban J connectivity index is 3.02. The number of ketones is 2. The average Bonchev–Trinajstić information content (AvgIpc) is 2.36. The van der Waals surface area contributed by atoms with Gasteiger partial charge in [-0.2, -0.15) is 13.2 Å². The van der Waals surface area contributed by atoms with E-state index in [-0.39, 0.29) is 0 Å². The van der Waals surface area contributed by atoms with Gasteiger partial charge in [-0.05, 0) is 6.07 Å².